The van der Waals surface area contributed by atoms with Crippen LogP contribution in [0.4, 0.5) is 13.6 Å². The number of carboxylic acids is 1. The number of halogens is 2. The first-order chi connectivity index (χ1) is 20.6. The minimum absolute atomic E-state index is 0.0147. The van der Waals surface area contributed by atoms with Crippen LogP contribution in [0.25, 0.3) is 0 Å². The fraction of sp³-hybridized carbons (Fsp3) is 0.320. The molecular formula is C25H26BF2N4O11P. The Morgan fingerprint density at radius 3 is 2.36 bits per heavy atom. The number of carbonyl (C=O) groups is 5. The van der Waals surface area contributed by atoms with Crippen LogP contribution < -0.4 is 15.3 Å². The van der Waals surface area contributed by atoms with Crippen molar-refractivity contribution in [2.75, 3.05) is 19.6 Å². The number of urea groups is 1. The molecule has 1 fully saturated rings. The lowest BCUT2D eigenvalue weighted by Gasteiger charge is -2.33. The van der Waals surface area contributed by atoms with Gasteiger partial charge in [-0.05, 0) is 30.5 Å². The normalized spacial score (nSPS) is 17.9. The molecular weight excluding hydrogens is 612 g/mol. The summed E-state index contributed by atoms with van der Waals surface area (Å²) in [5.74, 6) is -5.80. The second-order valence-corrected chi connectivity index (χ2v) is 11.5. The van der Waals surface area contributed by atoms with E-state index in [0.717, 1.165) is 12.1 Å². The topological polar surface area (TPSA) is 223 Å². The van der Waals surface area contributed by atoms with Gasteiger partial charge < -0.3 is 40.1 Å². The van der Waals surface area contributed by atoms with Gasteiger partial charge in [0.2, 0.25) is 5.91 Å². The SMILES string of the molecule is CCN1CCN(C(=O)N[C@@H](C(=O)N[C@H]2Cc3cccc(C(=O)O)c3OB2O)c2ccc(C(F)(F)P(=O)(O)O)cc2)C(=O)C1=O. The minimum atomic E-state index is -5.92. The lowest BCUT2D eigenvalue weighted by Crippen LogP contribution is -2.60. The maximum atomic E-state index is 14.2. The van der Waals surface area contributed by atoms with E-state index in [2.05, 4.69) is 10.6 Å². The highest BCUT2D eigenvalue weighted by molar-refractivity contribution is 7.52. The number of nitrogens with one attached hydrogen (secondary N) is 2. The van der Waals surface area contributed by atoms with Crippen LogP contribution in [0.5, 0.6) is 5.75 Å². The molecule has 0 unspecified atom stereocenters. The van der Waals surface area contributed by atoms with Gasteiger partial charge in [0.05, 0.1) is 11.5 Å². The number of fused-ring (bicyclic) bond motifs is 1. The van der Waals surface area contributed by atoms with Gasteiger partial charge in [-0.3, -0.25) is 23.8 Å². The lowest BCUT2D eigenvalue weighted by atomic mass is 9.72. The third-order valence-corrected chi connectivity index (χ3v) is 8.09. The molecule has 44 heavy (non-hydrogen) atoms. The molecule has 5 amide bonds. The van der Waals surface area contributed by atoms with Crippen LogP contribution in [-0.4, -0.2) is 92.1 Å². The first-order valence-electron chi connectivity index (χ1n) is 13.0. The van der Waals surface area contributed by atoms with E-state index in [1.807, 2.05) is 0 Å². The van der Waals surface area contributed by atoms with E-state index >= 15 is 0 Å². The number of aromatic carboxylic acids is 1. The highest BCUT2D eigenvalue weighted by Gasteiger charge is 2.50. The number of likely N-dealkylation sites (N-methyl/N-ethyl adjacent to an activating group) is 1. The number of amides is 5. The number of carboxylic acid groups (broad SMARTS) is 1. The Morgan fingerprint density at radius 1 is 1.11 bits per heavy atom. The average molecular weight is 638 g/mol. The smallest absolute Gasteiger partial charge is 0.534 e. The molecule has 4 rings (SSSR count). The molecule has 0 aliphatic carbocycles. The van der Waals surface area contributed by atoms with E-state index in [0.29, 0.717) is 22.6 Å². The molecule has 0 spiro atoms. The number of nitrogens with zero attached hydrogens (tertiary/aromatic N) is 2. The van der Waals surface area contributed by atoms with Gasteiger partial charge in [0.25, 0.3) is 0 Å². The van der Waals surface area contributed by atoms with Gasteiger partial charge in [-0.15, -0.1) is 0 Å². The van der Waals surface area contributed by atoms with Crippen molar-refractivity contribution in [1.82, 2.24) is 20.4 Å². The van der Waals surface area contributed by atoms with Crippen molar-refractivity contribution in [3.05, 3.63) is 64.7 Å². The maximum Gasteiger partial charge on any atom is 0.547 e. The van der Waals surface area contributed by atoms with Crippen LogP contribution in [0.3, 0.4) is 0 Å². The third-order valence-electron chi connectivity index (χ3n) is 7.10. The molecule has 6 N–H and O–H groups in total. The van der Waals surface area contributed by atoms with Crippen molar-refractivity contribution in [2.24, 2.45) is 0 Å². The Kier molecular flexibility index (Phi) is 9.11. The summed E-state index contributed by atoms with van der Waals surface area (Å²) in [6, 6.07) is 4.33. The zero-order valence-corrected chi connectivity index (χ0v) is 23.7. The maximum absolute atomic E-state index is 14.2. The Balaban J connectivity index is 1.62. The Labute approximate surface area is 248 Å². The summed E-state index contributed by atoms with van der Waals surface area (Å²) in [7, 11) is -7.67. The summed E-state index contributed by atoms with van der Waals surface area (Å²) in [5.41, 5.74) is -5.73. The fourth-order valence-electron chi connectivity index (χ4n) is 4.70. The van der Waals surface area contributed by atoms with Gasteiger partial charge in [-0.25, -0.2) is 9.59 Å². The second-order valence-electron chi connectivity index (χ2n) is 9.86. The molecule has 19 heteroatoms. The van der Waals surface area contributed by atoms with Gasteiger partial charge >= 0.3 is 44.2 Å². The fourth-order valence-corrected chi connectivity index (χ4v) is 5.18. The number of benzene rings is 2. The molecule has 2 atom stereocenters. The number of imide groups is 1. The number of piperazine rings is 1. The summed E-state index contributed by atoms with van der Waals surface area (Å²) < 4.78 is 45.1. The molecule has 15 nitrogen and oxygen atoms in total. The molecule has 234 valence electrons. The molecule has 2 aromatic carbocycles. The standard InChI is InChI=1S/C25H26BF2N4O11P/c1-2-31-10-11-32(22(35)21(31)34)24(38)30-18(13-6-8-15(9-7-13)25(27,28)44(40,41)42)20(33)29-17-12-14-4-3-5-16(23(36)37)19(14)43-26(17)39/h3-9,17-18,39H,2,10-12H2,1H3,(H,29,33)(H,30,38)(H,36,37)(H2,40,41,42)/t17-,18+/m0/s1. The Morgan fingerprint density at radius 2 is 1.77 bits per heavy atom. The monoisotopic (exact) mass is 638 g/mol. The zero-order valence-electron chi connectivity index (χ0n) is 22.8. The van der Waals surface area contributed by atoms with Crippen molar-refractivity contribution in [3.63, 3.8) is 0 Å². The summed E-state index contributed by atoms with van der Waals surface area (Å²) >= 11 is 0. The number of hydrogen-bond donors (Lipinski definition) is 6. The van der Waals surface area contributed by atoms with Crippen LogP contribution in [-0.2, 0) is 31.0 Å². The molecule has 0 bridgehead atoms. The quantitative estimate of drug-likeness (QED) is 0.130. The summed E-state index contributed by atoms with van der Waals surface area (Å²) in [6.45, 7) is 1.63. The first-order valence-corrected chi connectivity index (χ1v) is 14.6. The van der Waals surface area contributed by atoms with Gasteiger partial charge in [0.1, 0.15) is 11.8 Å². The van der Waals surface area contributed by atoms with E-state index in [-0.39, 0.29) is 42.9 Å². The number of alkyl halides is 2. The first kappa shape index (κ1) is 32.5. The molecule has 0 aromatic heterocycles. The second kappa shape index (κ2) is 12.3. The summed E-state index contributed by atoms with van der Waals surface area (Å²) in [4.78, 5) is 82.8. The number of hydrogen-bond acceptors (Lipinski definition) is 8. The van der Waals surface area contributed by atoms with E-state index in [1.165, 1.54) is 23.1 Å². The zero-order chi connectivity index (χ0) is 32.6. The highest BCUT2D eigenvalue weighted by atomic mass is 31.2. The van der Waals surface area contributed by atoms with E-state index < -0.39 is 67.6 Å². The Bertz CT molecular complexity index is 1550. The molecule has 1 saturated heterocycles. The van der Waals surface area contributed by atoms with Crippen LogP contribution >= 0.6 is 7.60 Å². The van der Waals surface area contributed by atoms with Crippen LogP contribution in [0.2, 0.25) is 0 Å². The van der Waals surface area contributed by atoms with Gasteiger partial charge in [0, 0.05) is 25.2 Å². The average Bonchev–Trinajstić information content (AvgIpc) is 2.96. The minimum Gasteiger partial charge on any atom is -0.534 e. The highest BCUT2D eigenvalue weighted by Crippen LogP contribution is 2.59. The summed E-state index contributed by atoms with van der Waals surface area (Å²) in [6.07, 6.45) is -0.122. The Hall–Kier alpha value is -4.38. The number of carbonyl (C=O) groups excluding carboxylic acids is 4. The van der Waals surface area contributed by atoms with Crippen LogP contribution in [0, 0.1) is 0 Å². The van der Waals surface area contributed by atoms with Gasteiger partial charge in [-0.2, -0.15) is 8.78 Å². The third kappa shape index (κ3) is 6.28. The van der Waals surface area contributed by atoms with Crippen molar-refractivity contribution >= 4 is 44.4 Å². The molecule has 0 radical (unpaired) electrons. The molecule has 2 aromatic rings. The van der Waals surface area contributed by atoms with Gasteiger partial charge in [-0.1, -0.05) is 36.4 Å². The predicted octanol–water partition coefficient (Wildman–Crippen LogP) is 0.193. The molecule has 2 heterocycles. The van der Waals surface area contributed by atoms with Crippen molar-refractivity contribution < 1.29 is 61.9 Å². The molecule has 2 aliphatic heterocycles. The van der Waals surface area contributed by atoms with Crippen LogP contribution in [0.1, 0.15) is 40.0 Å². The number of para-hydroxylation sites is 1. The van der Waals surface area contributed by atoms with E-state index in [9.17, 15) is 47.4 Å². The number of rotatable bonds is 8. The van der Waals surface area contributed by atoms with E-state index in [4.69, 9.17) is 14.4 Å². The van der Waals surface area contributed by atoms with E-state index in [1.54, 1.807) is 6.92 Å². The van der Waals surface area contributed by atoms with Crippen molar-refractivity contribution in [2.45, 2.75) is 31.0 Å². The predicted molar refractivity (Wildman–Crippen MR) is 145 cm³/mol. The van der Waals surface area contributed by atoms with Crippen molar-refractivity contribution in [3.8, 4) is 5.75 Å². The lowest BCUT2D eigenvalue weighted by molar-refractivity contribution is -0.153. The van der Waals surface area contributed by atoms with Gasteiger partial charge in [0.15, 0.2) is 0 Å². The molecule has 0 saturated carbocycles. The molecule has 2 aliphatic rings. The summed E-state index contributed by atoms with van der Waals surface area (Å²) in [5, 5.41) is 24.7. The largest absolute Gasteiger partial charge is 0.547 e. The van der Waals surface area contributed by atoms with Crippen molar-refractivity contribution in [1.29, 1.82) is 0 Å². The van der Waals surface area contributed by atoms with Crippen LogP contribution in [0.15, 0.2) is 42.5 Å².